The lowest BCUT2D eigenvalue weighted by atomic mass is 9.92. The number of ether oxygens (including phenoxy) is 1. The largest absolute Gasteiger partial charge is 0.444 e. The van der Waals surface area contributed by atoms with Gasteiger partial charge in [0.1, 0.15) is 5.60 Å². The van der Waals surface area contributed by atoms with Crippen LogP contribution in [0.3, 0.4) is 0 Å². The van der Waals surface area contributed by atoms with Crippen LogP contribution in [0.4, 0.5) is 10.6 Å². The molecule has 0 radical (unpaired) electrons. The fourth-order valence-electron chi connectivity index (χ4n) is 5.17. The van der Waals surface area contributed by atoms with Crippen molar-refractivity contribution < 1.29 is 9.53 Å². The van der Waals surface area contributed by atoms with Crippen molar-refractivity contribution in [1.29, 1.82) is 0 Å². The van der Waals surface area contributed by atoms with Gasteiger partial charge in [-0.05, 0) is 68.5 Å². The van der Waals surface area contributed by atoms with Gasteiger partial charge in [-0.2, -0.15) is 5.10 Å². The van der Waals surface area contributed by atoms with Crippen molar-refractivity contribution in [3.8, 4) is 0 Å². The topological polar surface area (TPSA) is 53.8 Å². The van der Waals surface area contributed by atoms with Crippen molar-refractivity contribution in [2.75, 3.05) is 37.6 Å². The van der Waals surface area contributed by atoms with Gasteiger partial charge in [-0.1, -0.05) is 37.3 Å². The fourth-order valence-corrected chi connectivity index (χ4v) is 5.67. The molecular formula is C27H40BrN5O2. The van der Waals surface area contributed by atoms with Crippen LogP contribution in [0.2, 0.25) is 0 Å². The van der Waals surface area contributed by atoms with Crippen molar-refractivity contribution in [1.82, 2.24) is 19.6 Å². The first-order valence-electron chi connectivity index (χ1n) is 12.8. The van der Waals surface area contributed by atoms with Crippen molar-refractivity contribution >= 4 is 27.8 Å². The van der Waals surface area contributed by atoms with E-state index in [0.29, 0.717) is 13.1 Å². The quantitative estimate of drug-likeness (QED) is 0.481. The van der Waals surface area contributed by atoms with Gasteiger partial charge < -0.3 is 14.5 Å². The Hall–Kier alpha value is -2.06. The maximum absolute atomic E-state index is 12.4. The third-order valence-corrected chi connectivity index (χ3v) is 7.84. The number of nitrogens with zero attached hydrogens (tertiary/aromatic N) is 5. The van der Waals surface area contributed by atoms with Crippen LogP contribution in [-0.2, 0) is 11.3 Å². The standard InChI is InChI=1S/C27H40BrN5O2/c1-6-27(5)20-30(18-21-10-8-7-9-11-21)16-17-32(27)24-23(28)19-33(29-24)22-12-14-31(15-13-22)25(34)35-26(2,3)4/h7-11,19,22H,6,12-18,20H2,1-5H3/t27-/m0/s1. The Balaban J connectivity index is 1.41. The normalized spacial score (nSPS) is 22.5. The van der Waals surface area contributed by atoms with Gasteiger partial charge in [-0.15, -0.1) is 0 Å². The lowest BCUT2D eigenvalue weighted by Crippen LogP contribution is -2.60. The molecule has 2 saturated heterocycles. The Morgan fingerprint density at radius 3 is 2.46 bits per heavy atom. The number of hydrogen-bond donors (Lipinski definition) is 0. The predicted octanol–water partition coefficient (Wildman–Crippen LogP) is 5.71. The fraction of sp³-hybridized carbons (Fsp3) is 0.630. The zero-order valence-electron chi connectivity index (χ0n) is 21.8. The average Bonchev–Trinajstić information content (AvgIpc) is 3.20. The summed E-state index contributed by atoms with van der Waals surface area (Å²) in [6.45, 7) is 15.7. The lowest BCUT2D eigenvalue weighted by molar-refractivity contribution is 0.0184. The minimum Gasteiger partial charge on any atom is -0.444 e. The Bertz CT molecular complexity index is 997. The molecule has 1 aromatic heterocycles. The molecule has 1 aromatic carbocycles. The predicted molar refractivity (Wildman–Crippen MR) is 144 cm³/mol. The summed E-state index contributed by atoms with van der Waals surface area (Å²) in [5, 5.41) is 5.08. The van der Waals surface area contributed by atoms with Crippen molar-refractivity contribution in [3.63, 3.8) is 0 Å². The van der Waals surface area contributed by atoms with Gasteiger partial charge in [-0.3, -0.25) is 9.58 Å². The van der Waals surface area contributed by atoms with E-state index in [2.05, 4.69) is 80.8 Å². The van der Waals surface area contributed by atoms with Crippen LogP contribution in [0.25, 0.3) is 0 Å². The van der Waals surface area contributed by atoms with E-state index in [-0.39, 0.29) is 17.7 Å². The average molecular weight is 547 g/mol. The number of piperidine rings is 1. The van der Waals surface area contributed by atoms with Gasteiger partial charge in [0.2, 0.25) is 0 Å². The summed E-state index contributed by atoms with van der Waals surface area (Å²) in [6.07, 6.45) is 4.71. The first kappa shape index (κ1) is 26.0. The van der Waals surface area contributed by atoms with Crippen molar-refractivity contribution in [2.24, 2.45) is 0 Å². The number of amides is 1. The number of rotatable bonds is 5. The minimum absolute atomic E-state index is 0.00874. The van der Waals surface area contributed by atoms with E-state index in [1.165, 1.54) is 5.56 Å². The van der Waals surface area contributed by atoms with Crippen LogP contribution < -0.4 is 4.90 Å². The summed E-state index contributed by atoms with van der Waals surface area (Å²) < 4.78 is 8.70. The molecule has 2 fully saturated rings. The highest BCUT2D eigenvalue weighted by molar-refractivity contribution is 9.10. The van der Waals surface area contributed by atoms with Gasteiger partial charge >= 0.3 is 6.09 Å². The highest BCUT2D eigenvalue weighted by atomic mass is 79.9. The summed E-state index contributed by atoms with van der Waals surface area (Å²) in [4.78, 5) is 19.3. The highest BCUT2D eigenvalue weighted by Gasteiger charge is 2.39. The number of piperazine rings is 1. The molecule has 0 unspecified atom stereocenters. The maximum atomic E-state index is 12.4. The van der Waals surface area contributed by atoms with E-state index in [0.717, 1.165) is 55.7 Å². The summed E-state index contributed by atoms with van der Waals surface area (Å²) in [5.41, 5.74) is 0.907. The van der Waals surface area contributed by atoms with Gasteiger partial charge in [0.05, 0.1) is 16.1 Å². The zero-order valence-corrected chi connectivity index (χ0v) is 23.4. The van der Waals surface area contributed by atoms with Gasteiger partial charge in [0, 0.05) is 45.5 Å². The number of carbonyl (C=O) groups excluding carboxylic acids is 1. The third kappa shape index (κ3) is 6.20. The van der Waals surface area contributed by atoms with Gasteiger partial charge in [-0.25, -0.2) is 4.79 Å². The first-order valence-corrected chi connectivity index (χ1v) is 13.6. The molecule has 8 heteroatoms. The number of anilines is 1. The summed E-state index contributed by atoms with van der Waals surface area (Å²) in [7, 11) is 0. The number of likely N-dealkylation sites (tertiary alicyclic amines) is 1. The SMILES string of the molecule is CC[C@@]1(C)CN(Cc2ccccc2)CCN1c1nn(C2CCN(C(=O)OC(C)(C)C)CC2)cc1Br. The highest BCUT2D eigenvalue weighted by Crippen LogP contribution is 2.36. The minimum atomic E-state index is -0.466. The van der Waals surface area contributed by atoms with E-state index in [1.807, 2.05) is 25.7 Å². The summed E-state index contributed by atoms with van der Waals surface area (Å²) in [5.74, 6) is 1.03. The smallest absolute Gasteiger partial charge is 0.410 e. The summed E-state index contributed by atoms with van der Waals surface area (Å²) >= 11 is 3.81. The van der Waals surface area contributed by atoms with Gasteiger partial charge in [0.25, 0.3) is 0 Å². The Kier molecular flexibility index (Phi) is 7.81. The van der Waals surface area contributed by atoms with Crippen LogP contribution in [0, 0.1) is 0 Å². The lowest BCUT2D eigenvalue weighted by Gasteiger charge is -2.49. The van der Waals surface area contributed by atoms with Crippen LogP contribution >= 0.6 is 15.9 Å². The molecule has 3 heterocycles. The molecule has 1 amide bonds. The second kappa shape index (κ2) is 10.5. The van der Waals surface area contributed by atoms with Crippen LogP contribution in [0.15, 0.2) is 41.0 Å². The molecule has 0 N–H and O–H groups in total. The zero-order chi connectivity index (χ0) is 25.2. The van der Waals surface area contributed by atoms with Crippen LogP contribution in [0.5, 0.6) is 0 Å². The molecule has 2 aromatic rings. The van der Waals surface area contributed by atoms with Crippen LogP contribution in [-0.4, -0.2) is 69.5 Å². The summed E-state index contributed by atoms with van der Waals surface area (Å²) in [6, 6.07) is 11.0. The Morgan fingerprint density at radius 2 is 1.83 bits per heavy atom. The second-order valence-corrected chi connectivity index (χ2v) is 12.0. The molecule has 35 heavy (non-hydrogen) atoms. The van der Waals surface area contributed by atoms with Crippen molar-refractivity contribution in [2.45, 2.75) is 77.6 Å². The Morgan fingerprint density at radius 1 is 1.14 bits per heavy atom. The molecule has 2 aliphatic heterocycles. The monoisotopic (exact) mass is 545 g/mol. The third-order valence-electron chi connectivity index (χ3n) is 7.28. The molecule has 7 nitrogen and oxygen atoms in total. The number of halogens is 1. The molecule has 0 aliphatic carbocycles. The molecule has 192 valence electrons. The molecule has 0 spiro atoms. The maximum Gasteiger partial charge on any atom is 0.410 e. The molecule has 4 rings (SSSR count). The first-order chi connectivity index (χ1) is 16.6. The number of hydrogen-bond acceptors (Lipinski definition) is 5. The molecule has 2 aliphatic rings. The van der Waals surface area contributed by atoms with E-state index in [4.69, 9.17) is 9.84 Å². The molecule has 0 saturated carbocycles. The Labute approximate surface area is 218 Å². The van der Waals surface area contributed by atoms with Crippen molar-refractivity contribution in [3.05, 3.63) is 46.6 Å². The number of benzene rings is 1. The van der Waals surface area contributed by atoms with E-state index < -0.39 is 5.60 Å². The number of carbonyl (C=O) groups is 1. The van der Waals surface area contributed by atoms with E-state index in [1.54, 1.807) is 0 Å². The van der Waals surface area contributed by atoms with Gasteiger partial charge in [0.15, 0.2) is 5.82 Å². The van der Waals surface area contributed by atoms with E-state index in [9.17, 15) is 4.79 Å². The molecule has 0 bridgehead atoms. The number of aromatic nitrogens is 2. The van der Waals surface area contributed by atoms with Crippen LogP contribution in [0.1, 0.15) is 65.5 Å². The molecular weight excluding hydrogens is 506 g/mol. The second-order valence-electron chi connectivity index (χ2n) is 11.2. The molecule has 1 atom stereocenters. The van der Waals surface area contributed by atoms with E-state index >= 15 is 0 Å².